The number of esters is 1. The summed E-state index contributed by atoms with van der Waals surface area (Å²) < 4.78 is 5.46. The molecular weight excluding hydrogens is 242 g/mol. The molecule has 0 aliphatic carbocycles. The number of carbonyl (C=O) groups is 1. The van der Waals surface area contributed by atoms with E-state index in [0.29, 0.717) is 6.54 Å². The summed E-state index contributed by atoms with van der Waals surface area (Å²) in [5.74, 6) is -0.161. The molecule has 0 radical (unpaired) electrons. The Morgan fingerprint density at radius 2 is 1.89 bits per heavy atom. The minimum atomic E-state index is -0.450. The molecule has 1 saturated heterocycles. The van der Waals surface area contributed by atoms with E-state index in [9.17, 15) is 9.90 Å². The minimum Gasteiger partial charge on any atom is -0.459 e. The van der Waals surface area contributed by atoms with Gasteiger partial charge in [0.05, 0.1) is 6.10 Å². The van der Waals surface area contributed by atoms with Crippen LogP contribution in [0.15, 0.2) is 0 Å². The van der Waals surface area contributed by atoms with Crippen molar-refractivity contribution in [1.82, 2.24) is 4.90 Å². The van der Waals surface area contributed by atoms with Gasteiger partial charge in [0.25, 0.3) is 0 Å². The predicted octanol–water partition coefficient (Wildman–Crippen LogP) is 2.20. The highest BCUT2D eigenvalue weighted by Crippen LogP contribution is 2.25. The van der Waals surface area contributed by atoms with Crippen LogP contribution in [0.3, 0.4) is 0 Å². The van der Waals surface area contributed by atoms with E-state index in [1.807, 2.05) is 41.5 Å². The molecule has 0 aromatic heterocycles. The van der Waals surface area contributed by atoms with Crippen molar-refractivity contribution in [2.24, 2.45) is 5.41 Å². The molecular formula is C15H29NO3. The number of hydrogen-bond donors (Lipinski definition) is 1. The summed E-state index contributed by atoms with van der Waals surface area (Å²) in [6.07, 6.45) is 1.38. The Balaban J connectivity index is 2.62. The van der Waals surface area contributed by atoms with Crippen molar-refractivity contribution in [3.63, 3.8) is 0 Å². The lowest BCUT2D eigenvalue weighted by Crippen LogP contribution is -2.46. The molecule has 1 aliphatic rings. The number of rotatable bonds is 3. The Hall–Kier alpha value is -0.610. The summed E-state index contributed by atoms with van der Waals surface area (Å²) in [7, 11) is 0. The third-order valence-electron chi connectivity index (χ3n) is 3.45. The highest BCUT2D eigenvalue weighted by atomic mass is 16.6. The Morgan fingerprint density at radius 1 is 1.32 bits per heavy atom. The molecule has 0 bridgehead atoms. The largest absolute Gasteiger partial charge is 0.459 e. The first kappa shape index (κ1) is 16.4. The summed E-state index contributed by atoms with van der Waals surface area (Å²) in [4.78, 5) is 14.2. The maximum Gasteiger partial charge on any atom is 0.323 e. The van der Waals surface area contributed by atoms with Crippen molar-refractivity contribution < 1.29 is 14.6 Å². The van der Waals surface area contributed by atoms with Gasteiger partial charge in [0, 0.05) is 6.54 Å². The van der Waals surface area contributed by atoms with Gasteiger partial charge >= 0.3 is 5.97 Å². The molecule has 19 heavy (non-hydrogen) atoms. The van der Waals surface area contributed by atoms with Gasteiger partial charge in [0.15, 0.2) is 0 Å². The van der Waals surface area contributed by atoms with Crippen LogP contribution in [0.25, 0.3) is 0 Å². The third kappa shape index (κ3) is 5.11. The van der Waals surface area contributed by atoms with Crippen molar-refractivity contribution >= 4 is 5.97 Å². The number of ether oxygens (including phenoxy) is 1. The maximum atomic E-state index is 12.2. The van der Waals surface area contributed by atoms with Crippen LogP contribution < -0.4 is 0 Å². The van der Waals surface area contributed by atoms with Crippen molar-refractivity contribution in [3.8, 4) is 0 Å². The van der Waals surface area contributed by atoms with Crippen LogP contribution in [-0.2, 0) is 9.53 Å². The summed E-state index contributed by atoms with van der Waals surface area (Å²) in [6.45, 7) is 13.1. The third-order valence-corrected chi connectivity index (χ3v) is 3.45. The van der Waals surface area contributed by atoms with Gasteiger partial charge in [-0.25, -0.2) is 0 Å². The molecule has 1 fully saturated rings. The Bertz CT molecular complexity index is 314. The van der Waals surface area contributed by atoms with E-state index >= 15 is 0 Å². The highest BCUT2D eigenvalue weighted by molar-refractivity contribution is 5.76. The monoisotopic (exact) mass is 271 g/mol. The second-order valence-corrected chi connectivity index (χ2v) is 7.57. The van der Waals surface area contributed by atoms with E-state index < -0.39 is 11.7 Å². The van der Waals surface area contributed by atoms with Gasteiger partial charge in [-0.15, -0.1) is 0 Å². The van der Waals surface area contributed by atoms with Crippen LogP contribution in [-0.4, -0.2) is 46.8 Å². The molecule has 112 valence electrons. The summed E-state index contributed by atoms with van der Waals surface area (Å²) in [5, 5.41) is 10.2. The molecule has 1 aliphatic heterocycles. The highest BCUT2D eigenvalue weighted by Gasteiger charge is 2.36. The van der Waals surface area contributed by atoms with Crippen LogP contribution >= 0.6 is 0 Å². The molecule has 1 N–H and O–H groups in total. The van der Waals surface area contributed by atoms with Gasteiger partial charge < -0.3 is 9.84 Å². The van der Waals surface area contributed by atoms with Crippen molar-refractivity contribution in [2.75, 3.05) is 13.1 Å². The lowest BCUT2D eigenvalue weighted by Gasteiger charge is -2.33. The minimum absolute atomic E-state index is 0.161. The molecule has 0 aromatic carbocycles. The smallest absolute Gasteiger partial charge is 0.323 e. The Labute approximate surface area is 117 Å². The second-order valence-electron chi connectivity index (χ2n) is 7.57. The topological polar surface area (TPSA) is 49.8 Å². The van der Waals surface area contributed by atoms with Crippen LogP contribution in [0, 0.1) is 5.41 Å². The van der Waals surface area contributed by atoms with Crippen molar-refractivity contribution in [3.05, 3.63) is 0 Å². The van der Waals surface area contributed by atoms with Crippen LogP contribution in [0.4, 0.5) is 0 Å². The van der Waals surface area contributed by atoms with Gasteiger partial charge in [-0.05, 0) is 45.6 Å². The number of β-amino-alcohol motifs (C(OH)–C–C–N with tert-alkyl or cyclic N) is 1. The zero-order valence-corrected chi connectivity index (χ0v) is 13.2. The van der Waals surface area contributed by atoms with Crippen LogP contribution in [0.2, 0.25) is 0 Å². The first-order chi connectivity index (χ1) is 8.50. The van der Waals surface area contributed by atoms with Gasteiger partial charge in [-0.1, -0.05) is 20.8 Å². The van der Waals surface area contributed by atoms with Gasteiger partial charge in [-0.3, -0.25) is 9.69 Å². The van der Waals surface area contributed by atoms with E-state index in [0.717, 1.165) is 19.4 Å². The maximum absolute atomic E-state index is 12.2. The van der Waals surface area contributed by atoms with Gasteiger partial charge in [0.2, 0.25) is 0 Å². The normalized spacial score (nSPS) is 23.4. The molecule has 0 amide bonds. The predicted molar refractivity (Wildman–Crippen MR) is 75.9 cm³/mol. The zero-order valence-electron chi connectivity index (χ0n) is 13.2. The first-order valence-corrected chi connectivity index (χ1v) is 7.16. The second kappa shape index (κ2) is 5.80. The molecule has 1 heterocycles. The average Bonchev–Trinajstić information content (AvgIpc) is 2.61. The molecule has 0 aromatic rings. The fraction of sp³-hybridized carbons (Fsp3) is 0.933. The number of carbonyl (C=O) groups excluding carboxylic acids is 1. The Kier molecular flexibility index (Phi) is 5.02. The first-order valence-electron chi connectivity index (χ1n) is 7.16. The zero-order chi connectivity index (χ0) is 14.8. The summed E-state index contributed by atoms with van der Waals surface area (Å²) in [6, 6.07) is -0.198. The molecule has 0 saturated carbocycles. The number of hydrogen-bond acceptors (Lipinski definition) is 4. The molecule has 4 heteroatoms. The summed E-state index contributed by atoms with van der Waals surface area (Å²) in [5.41, 5.74) is -0.616. The molecule has 4 nitrogen and oxygen atoms in total. The molecule has 0 spiro atoms. The molecule has 1 rings (SSSR count). The van der Waals surface area contributed by atoms with E-state index in [-0.39, 0.29) is 17.4 Å². The standard InChI is InChI=1S/C15H29NO3/c1-14(2,3)12(17)10-16-9-7-8-11(16)13(18)19-15(4,5)6/h11-12,17H,7-10H2,1-6H3/t11-,12?/m0/s1. The quantitative estimate of drug-likeness (QED) is 0.800. The molecule has 2 atom stereocenters. The van der Waals surface area contributed by atoms with Crippen molar-refractivity contribution in [2.45, 2.75) is 72.1 Å². The lowest BCUT2D eigenvalue weighted by molar-refractivity contribution is -0.161. The Morgan fingerprint density at radius 3 is 2.37 bits per heavy atom. The fourth-order valence-electron chi connectivity index (χ4n) is 2.18. The SMILES string of the molecule is CC(C)(C)OC(=O)[C@@H]1CCCN1CC(O)C(C)(C)C. The van der Waals surface area contributed by atoms with Crippen molar-refractivity contribution in [1.29, 1.82) is 0 Å². The number of aliphatic hydroxyl groups excluding tert-OH is 1. The van der Waals surface area contributed by atoms with E-state index in [4.69, 9.17) is 4.74 Å². The lowest BCUT2D eigenvalue weighted by atomic mass is 9.89. The van der Waals surface area contributed by atoms with Crippen LogP contribution in [0.5, 0.6) is 0 Å². The molecule has 1 unspecified atom stereocenters. The number of likely N-dealkylation sites (tertiary alicyclic amines) is 1. The van der Waals surface area contributed by atoms with Gasteiger partial charge in [-0.2, -0.15) is 0 Å². The van der Waals surface area contributed by atoms with E-state index in [2.05, 4.69) is 4.90 Å². The average molecular weight is 271 g/mol. The van der Waals surface area contributed by atoms with Crippen LogP contribution in [0.1, 0.15) is 54.4 Å². The number of aliphatic hydroxyl groups is 1. The number of nitrogens with zero attached hydrogens (tertiary/aromatic N) is 1. The summed E-state index contributed by atoms with van der Waals surface area (Å²) >= 11 is 0. The van der Waals surface area contributed by atoms with Gasteiger partial charge in [0.1, 0.15) is 11.6 Å². The fourth-order valence-corrected chi connectivity index (χ4v) is 2.18. The van der Waals surface area contributed by atoms with E-state index in [1.165, 1.54) is 0 Å². The van der Waals surface area contributed by atoms with E-state index in [1.54, 1.807) is 0 Å².